The summed E-state index contributed by atoms with van der Waals surface area (Å²) in [4.78, 5) is 26.8. The van der Waals surface area contributed by atoms with Gasteiger partial charge in [-0.1, -0.05) is 13.0 Å². The lowest BCUT2D eigenvalue weighted by Gasteiger charge is -2.39. The molecule has 0 bridgehead atoms. The summed E-state index contributed by atoms with van der Waals surface area (Å²) in [5.74, 6) is -0.118. The van der Waals surface area contributed by atoms with Crippen molar-refractivity contribution < 1.29 is 14.3 Å². The van der Waals surface area contributed by atoms with Gasteiger partial charge in [-0.3, -0.25) is 4.79 Å². The lowest BCUT2D eigenvalue weighted by Crippen LogP contribution is -2.53. The molecule has 3 aliphatic rings. The number of hydrogen-bond donors (Lipinski definition) is 2. The first-order valence-corrected chi connectivity index (χ1v) is 12.7. The molecular formula is C27H33FN6O2. The zero-order valence-electron chi connectivity index (χ0n) is 21.0. The highest BCUT2D eigenvalue weighted by atomic mass is 19.1. The molecule has 9 heteroatoms. The summed E-state index contributed by atoms with van der Waals surface area (Å²) >= 11 is 0. The van der Waals surface area contributed by atoms with Gasteiger partial charge in [0.15, 0.2) is 0 Å². The van der Waals surface area contributed by atoms with Crippen molar-refractivity contribution in [2.45, 2.75) is 69.6 Å². The van der Waals surface area contributed by atoms with E-state index in [-0.39, 0.29) is 29.0 Å². The van der Waals surface area contributed by atoms with Gasteiger partial charge < -0.3 is 20.2 Å². The Morgan fingerprint density at radius 2 is 2.03 bits per heavy atom. The van der Waals surface area contributed by atoms with Crippen LogP contribution in [-0.4, -0.2) is 63.6 Å². The third kappa shape index (κ3) is 4.44. The zero-order valence-corrected chi connectivity index (χ0v) is 21.0. The van der Waals surface area contributed by atoms with Gasteiger partial charge in [-0.25, -0.2) is 14.4 Å². The van der Waals surface area contributed by atoms with E-state index in [1.54, 1.807) is 6.07 Å². The number of rotatable bonds is 4. The minimum atomic E-state index is -0.594. The number of nitrogens with zero attached hydrogens (tertiary/aromatic N) is 5. The number of amides is 1. The Hall–Kier alpha value is -3.09. The molecule has 2 saturated heterocycles. The first-order chi connectivity index (χ1) is 17.2. The molecule has 0 spiro atoms. The summed E-state index contributed by atoms with van der Waals surface area (Å²) in [7, 11) is 0. The topological polar surface area (TPSA) is 105 Å². The first kappa shape index (κ1) is 24.6. The number of hydrogen-bond acceptors (Lipinski definition) is 7. The van der Waals surface area contributed by atoms with E-state index >= 15 is 0 Å². The number of carbonyl (C=O) groups is 1. The van der Waals surface area contributed by atoms with Gasteiger partial charge >= 0.3 is 0 Å². The average Bonchev–Trinajstić information content (AvgIpc) is 3.37. The maximum absolute atomic E-state index is 14.6. The van der Waals surface area contributed by atoms with Gasteiger partial charge in [-0.05, 0) is 56.7 Å². The number of aliphatic hydroxyl groups is 1. The van der Waals surface area contributed by atoms with Gasteiger partial charge in [0.1, 0.15) is 24.0 Å². The van der Waals surface area contributed by atoms with Crippen LogP contribution >= 0.6 is 0 Å². The molecule has 0 unspecified atom stereocenters. The van der Waals surface area contributed by atoms with Crippen molar-refractivity contribution in [2.75, 3.05) is 31.1 Å². The molecule has 2 N–H and O–H groups in total. The monoisotopic (exact) mass is 492 g/mol. The molecule has 1 amide bonds. The Balaban J connectivity index is 1.36. The predicted octanol–water partition coefficient (Wildman–Crippen LogP) is 2.99. The summed E-state index contributed by atoms with van der Waals surface area (Å²) in [5.41, 5.74) is 2.21. The van der Waals surface area contributed by atoms with Crippen LogP contribution in [0, 0.1) is 17.1 Å². The van der Waals surface area contributed by atoms with Crippen LogP contribution in [0.15, 0.2) is 24.5 Å². The number of piperazine rings is 1. The highest BCUT2D eigenvalue weighted by molar-refractivity contribution is 5.85. The molecule has 8 nitrogen and oxygen atoms in total. The number of aliphatic hydroxyl groups excluding tert-OH is 1. The lowest BCUT2D eigenvalue weighted by atomic mass is 9.88. The van der Waals surface area contributed by atoms with Crippen molar-refractivity contribution in [3.8, 4) is 6.07 Å². The molecule has 2 aliphatic heterocycles. The molecule has 2 aromatic rings. The van der Waals surface area contributed by atoms with Crippen LogP contribution in [-0.2, 0) is 4.79 Å². The van der Waals surface area contributed by atoms with Crippen LogP contribution in [0.1, 0.15) is 80.4 Å². The van der Waals surface area contributed by atoms with Gasteiger partial charge in [-0.15, -0.1) is 0 Å². The SMILES string of the molecule is C[C@@H]1C[C@@H](O)c2ncnc(N3CCN(C(=O)[C@@H](c4ccc(C#N)c(F)c4)[C@@H]4CCC(C)(C)N4)CC3)c21. The van der Waals surface area contributed by atoms with E-state index in [1.165, 1.54) is 18.5 Å². The summed E-state index contributed by atoms with van der Waals surface area (Å²) in [6, 6.07) is 6.28. The number of carbonyl (C=O) groups excluding carboxylic acids is 1. The third-order valence-electron chi connectivity index (χ3n) is 7.97. The van der Waals surface area contributed by atoms with E-state index in [0.717, 1.165) is 24.2 Å². The Morgan fingerprint density at radius 3 is 2.67 bits per heavy atom. The molecule has 3 heterocycles. The van der Waals surface area contributed by atoms with Gasteiger partial charge in [0.05, 0.1) is 23.3 Å². The van der Waals surface area contributed by atoms with Crippen LogP contribution in [0.4, 0.5) is 10.2 Å². The van der Waals surface area contributed by atoms with E-state index in [0.29, 0.717) is 43.9 Å². The molecule has 190 valence electrons. The number of fused-ring (bicyclic) bond motifs is 1. The highest BCUT2D eigenvalue weighted by Crippen LogP contribution is 2.43. The number of nitriles is 1. The summed E-state index contributed by atoms with van der Waals surface area (Å²) in [6.45, 7) is 8.61. The molecule has 1 aromatic carbocycles. The van der Waals surface area contributed by atoms with Crippen molar-refractivity contribution in [2.24, 2.45) is 0 Å². The number of halogens is 1. The molecular weight excluding hydrogens is 459 g/mol. The maximum Gasteiger partial charge on any atom is 0.231 e. The Morgan fingerprint density at radius 1 is 1.28 bits per heavy atom. The fraction of sp³-hybridized carbons (Fsp3) is 0.556. The van der Waals surface area contributed by atoms with Gasteiger partial charge in [0, 0.05) is 43.3 Å². The van der Waals surface area contributed by atoms with Crippen LogP contribution in [0.2, 0.25) is 0 Å². The minimum absolute atomic E-state index is 0.0185. The average molecular weight is 493 g/mol. The standard InChI is InChI=1S/C27H33FN6O2/c1-16-12-21(35)24-22(16)25(31-15-30-24)33-8-10-34(11-9-33)26(36)23(20-6-7-27(2,3)32-20)17-4-5-18(14-29)19(28)13-17/h4-5,13,15-16,20-21,23,32,35H,6-12H2,1-3H3/t16-,20+,21-,23+/m1/s1. The maximum atomic E-state index is 14.6. The largest absolute Gasteiger partial charge is 0.387 e. The van der Waals surface area contributed by atoms with Crippen molar-refractivity contribution in [1.29, 1.82) is 5.26 Å². The molecule has 1 aliphatic carbocycles. The molecule has 0 saturated carbocycles. The molecule has 5 rings (SSSR count). The fourth-order valence-corrected chi connectivity index (χ4v) is 6.06. The van der Waals surface area contributed by atoms with E-state index in [1.807, 2.05) is 11.0 Å². The van der Waals surface area contributed by atoms with Crippen LogP contribution in [0.5, 0.6) is 0 Å². The molecule has 1 aromatic heterocycles. The second kappa shape index (κ2) is 9.41. The van der Waals surface area contributed by atoms with Crippen LogP contribution in [0.3, 0.4) is 0 Å². The van der Waals surface area contributed by atoms with Gasteiger partial charge in [0.25, 0.3) is 0 Å². The Bertz CT molecular complexity index is 1200. The number of aromatic nitrogens is 2. The number of benzene rings is 1. The fourth-order valence-electron chi connectivity index (χ4n) is 6.06. The summed E-state index contributed by atoms with van der Waals surface area (Å²) < 4.78 is 14.6. The van der Waals surface area contributed by atoms with E-state index in [4.69, 9.17) is 5.26 Å². The summed E-state index contributed by atoms with van der Waals surface area (Å²) in [5, 5.41) is 23.1. The van der Waals surface area contributed by atoms with Crippen molar-refractivity contribution in [3.63, 3.8) is 0 Å². The van der Waals surface area contributed by atoms with E-state index in [2.05, 4.69) is 41.0 Å². The lowest BCUT2D eigenvalue weighted by molar-refractivity contribution is -0.133. The zero-order chi connectivity index (χ0) is 25.6. The highest BCUT2D eigenvalue weighted by Gasteiger charge is 2.41. The Labute approximate surface area is 211 Å². The van der Waals surface area contributed by atoms with Crippen LogP contribution < -0.4 is 10.2 Å². The normalized spacial score (nSPS) is 25.9. The quantitative estimate of drug-likeness (QED) is 0.676. The second-order valence-electron chi connectivity index (χ2n) is 11.0. The first-order valence-electron chi connectivity index (χ1n) is 12.7. The molecule has 4 atom stereocenters. The van der Waals surface area contributed by atoms with Crippen LogP contribution in [0.25, 0.3) is 0 Å². The molecule has 2 fully saturated rings. The van der Waals surface area contributed by atoms with Crippen molar-refractivity contribution in [1.82, 2.24) is 20.2 Å². The molecule has 0 radical (unpaired) electrons. The summed E-state index contributed by atoms with van der Waals surface area (Å²) in [6.07, 6.45) is 3.34. The van der Waals surface area contributed by atoms with Crippen molar-refractivity contribution >= 4 is 11.7 Å². The van der Waals surface area contributed by atoms with Crippen molar-refractivity contribution in [3.05, 3.63) is 52.7 Å². The number of anilines is 1. The predicted molar refractivity (Wildman–Crippen MR) is 133 cm³/mol. The Kier molecular flexibility index (Phi) is 6.43. The minimum Gasteiger partial charge on any atom is -0.387 e. The molecule has 36 heavy (non-hydrogen) atoms. The smallest absolute Gasteiger partial charge is 0.231 e. The van der Waals surface area contributed by atoms with Gasteiger partial charge in [0.2, 0.25) is 5.91 Å². The number of nitrogens with one attached hydrogen (secondary N) is 1. The van der Waals surface area contributed by atoms with E-state index < -0.39 is 17.8 Å². The van der Waals surface area contributed by atoms with Gasteiger partial charge in [-0.2, -0.15) is 5.26 Å². The second-order valence-corrected chi connectivity index (χ2v) is 11.0. The third-order valence-corrected chi connectivity index (χ3v) is 7.97. The van der Waals surface area contributed by atoms with E-state index in [9.17, 15) is 14.3 Å².